The lowest BCUT2D eigenvalue weighted by Crippen LogP contribution is -2.31. The van der Waals surface area contributed by atoms with Gasteiger partial charge in [0.1, 0.15) is 0 Å². The molecule has 0 aliphatic carbocycles. The molecule has 1 aromatic carbocycles. The number of rotatable bonds is 2. The number of hydrogen-bond donors (Lipinski definition) is 1. The van der Waals surface area contributed by atoms with Crippen LogP contribution in [0.1, 0.15) is 30.5 Å². The van der Waals surface area contributed by atoms with Crippen molar-refractivity contribution in [2.45, 2.75) is 32.4 Å². The van der Waals surface area contributed by atoms with Gasteiger partial charge in [-0.05, 0) is 25.5 Å². The number of aryl methyl sites for hydroxylation is 1. The Bertz CT molecular complexity index is 318. The van der Waals surface area contributed by atoms with E-state index in [9.17, 15) is 0 Å². The number of benzene rings is 1. The zero-order chi connectivity index (χ0) is 10.8. The Morgan fingerprint density at radius 1 is 1.33 bits per heavy atom. The third-order valence-electron chi connectivity index (χ3n) is 3.37. The first kappa shape index (κ1) is 10.7. The largest absolute Gasteiger partial charge is 0.326 e. The summed E-state index contributed by atoms with van der Waals surface area (Å²) in [4.78, 5) is 2.47. The summed E-state index contributed by atoms with van der Waals surface area (Å²) in [5, 5.41) is 0. The Kier molecular flexibility index (Phi) is 3.08. The zero-order valence-electron chi connectivity index (χ0n) is 9.61. The van der Waals surface area contributed by atoms with E-state index in [4.69, 9.17) is 5.73 Å². The fourth-order valence-electron chi connectivity index (χ4n) is 2.46. The van der Waals surface area contributed by atoms with Gasteiger partial charge in [-0.3, -0.25) is 4.90 Å². The topological polar surface area (TPSA) is 29.3 Å². The lowest BCUT2D eigenvalue weighted by molar-refractivity contribution is 0.261. The third kappa shape index (κ3) is 2.06. The Balaban J connectivity index is 2.24. The third-order valence-corrected chi connectivity index (χ3v) is 3.37. The second kappa shape index (κ2) is 4.33. The van der Waals surface area contributed by atoms with Gasteiger partial charge < -0.3 is 5.73 Å². The Labute approximate surface area is 92.1 Å². The van der Waals surface area contributed by atoms with Crippen molar-refractivity contribution in [3.8, 4) is 0 Å². The van der Waals surface area contributed by atoms with E-state index in [1.165, 1.54) is 11.1 Å². The van der Waals surface area contributed by atoms with Crippen LogP contribution >= 0.6 is 0 Å². The van der Waals surface area contributed by atoms with E-state index in [2.05, 4.69) is 43.0 Å². The SMILES string of the molecule is CCN1CCC(N)C1c1ccc(C)cc1. The van der Waals surface area contributed by atoms with E-state index in [-0.39, 0.29) is 0 Å². The molecule has 0 amide bonds. The first-order chi connectivity index (χ1) is 7.22. The molecule has 1 heterocycles. The molecule has 2 heteroatoms. The molecular formula is C13H20N2. The summed E-state index contributed by atoms with van der Waals surface area (Å²) >= 11 is 0. The van der Waals surface area contributed by atoms with Gasteiger partial charge in [0, 0.05) is 18.6 Å². The molecule has 0 spiro atoms. The zero-order valence-corrected chi connectivity index (χ0v) is 9.61. The molecule has 0 bridgehead atoms. The fraction of sp³-hybridized carbons (Fsp3) is 0.538. The quantitative estimate of drug-likeness (QED) is 0.799. The smallest absolute Gasteiger partial charge is 0.0499 e. The number of likely N-dealkylation sites (tertiary alicyclic amines) is 1. The maximum absolute atomic E-state index is 6.17. The van der Waals surface area contributed by atoms with Gasteiger partial charge >= 0.3 is 0 Å². The summed E-state index contributed by atoms with van der Waals surface area (Å²) in [5.41, 5.74) is 8.85. The van der Waals surface area contributed by atoms with Crippen LogP contribution in [-0.2, 0) is 0 Å². The van der Waals surface area contributed by atoms with E-state index in [1.54, 1.807) is 0 Å². The number of nitrogens with two attached hydrogens (primary N) is 1. The molecule has 1 saturated heterocycles. The van der Waals surface area contributed by atoms with Crippen LogP contribution in [-0.4, -0.2) is 24.0 Å². The van der Waals surface area contributed by atoms with Crippen LogP contribution in [0.5, 0.6) is 0 Å². The van der Waals surface area contributed by atoms with Crippen molar-refractivity contribution in [2.24, 2.45) is 5.73 Å². The van der Waals surface area contributed by atoms with Crippen molar-refractivity contribution in [3.63, 3.8) is 0 Å². The highest BCUT2D eigenvalue weighted by molar-refractivity contribution is 5.26. The van der Waals surface area contributed by atoms with Gasteiger partial charge in [-0.15, -0.1) is 0 Å². The summed E-state index contributed by atoms with van der Waals surface area (Å²) in [6.07, 6.45) is 1.12. The maximum Gasteiger partial charge on any atom is 0.0499 e. The van der Waals surface area contributed by atoms with Crippen LogP contribution in [0.25, 0.3) is 0 Å². The molecule has 0 saturated carbocycles. The molecule has 2 nitrogen and oxygen atoms in total. The van der Waals surface area contributed by atoms with Crippen molar-refractivity contribution in [1.29, 1.82) is 0 Å². The summed E-state index contributed by atoms with van der Waals surface area (Å²) in [7, 11) is 0. The van der Waals surface area contributed by atoms with Crippen molar-refractivity contribution in [2.75, 3.05) is 13.1 Å². The van der Waals surface area contributed by atoms with Gasteiger partial charge in [0.15, 0.2) is 0 Å². The lowest BCUT2D eigenvalue weighted by Gasteiger charge is -2.25. The van der Waals surface area contributed by atoms with Crippen LogP contribution in [0, 0.1) is 6.92 Å². The van der Waals surface area contributed by atoms with E-state index in [0.717, 1.165) is 19.5 Å². The molecular weight excluding hydrogens is 184 g/mol. The monoisotopic (exact) mass is 204 g/mol. The predicted octanol–water partition coefficient (Wildman–Crippen LogP) is 2.09. The van der Waals surface area contributed by atoms with Gasteiger partial charge in [-0.25, -0.2) is 0 Å². The second-order valence-corrected chi connectivity index (χ2v) is 4.44. The van der Waals surface area contributed by atoms with Crippen LogP contribution in [0.15, 0.2) is 24.3 Å². The minimum atomic E-state index is 0.299. The molecule has 1 aromatic rings. The molecule has 1 aliphatic heterocycles. The number of hydrogen-bond acceptors (Lipinski definition) is 2. The maximum atomic E-state index is 6.17. The van der Waals surface area contributed by atoms with Crippen LogP contribution in [0.3, 0.4) is 0 Å². The Morgan fingerprint density at radius 2 is 2.00 bits per heavy atom. The first-order valence-electron chi connectivity index (χ1n) is 5.78. The molecule has 2 rings (SSSR count). The first-order valence-corrected chi connectivity index (χ1v) is 5.78. The van der Waals surface area contributed by atoms with E-state index >= 15 is 0 Å². The molecule has 2 atom stereocenters. The van der Waals surface area contributed by atoms with Crippen molar-refractivity contribution < 1.29 is 0 Å². The molecule has 1 fully saturated rings. The summed E-state index contributed by atoms with van der Waals surface area (Å²) < 4.78 is 0. The molecule has 1 aliphatic rings. The molecule has 0 radical (unpaired) electrons. The predicted molar refractivity (Wildman–Crippen MR) is 63.8 cm³/mol. The van der Waals surface area contributed by atoms with Gasteiger partial charge in [-0.1, -0.05) is 36.8 Å². The van der Waals surface area contributed by atoms with Gasteiger partial charge in [0.2, 0.25) is 0 Å². The van der Waals surface area contributed by atoms with Crippen molar-refractivity contribution in [1.82, 2.24) is 4.90 Å². The van der Waals surface area contributed by atoms with Gasteiger partial charge in [0.05, 0.1) is 0 Å². The molecule has 15 heavy (non-hydrogen) atoms. The Hall–Kier alpha value is -0.860. The molecule has 2 unspecified atom stereocenters. The standard InChI is InChI=1S/C13H20N2/c1-3-15-9-8-12(14)13(15)11-6-4-10(2)5-7-11/h4-7,12-13H,3,8-9,14H2,1-2H3. The van der Waals surface area contributed by atoms with Crippen molar-refractivity contribution >= 4 is 0 Å². The normalized spacial score (nSPS) is 27.1. The molecule has 2 N–H and O–H groups in total. The van der Waals surface area contributed by atoms with E-state index in [0.29, 0.717) is 12.1 Å². The fourth-order valence-corrected chi connectivity index (χ4v) is 2.46. The Morgan fingerprint density at radius 3 is 2.60 bits per heavy atom. The van der Waals surface area contributed by atoms with Crippen LogP contribution in [0.4, 0.5) is 0 Å². The summed E-state index contributed by atoms with van der Waals surface area (Å²) in [5.74, 6) is 0. The summed E-state index contributed by atoms with van der Waals surface area (Å²) in [6, 6.07) is 9.51. The average molecular weight is 204 g/mol. The van der Waals surface area contributed by atoms with Crippen molar-refractivity contribution in [3.05, 3.63) is 35.4 Å². The van der Waals surface area contributed by atoms with Gasteiger partial charge in [0.25, 0.3) is 0 Å². The van der Waals surface area contributed by atoms with Crippen LogP contribution < -0.4 is 5.73 Å². The minimum Gasteiger partial charge on any atom is -0.326 e. The van der Waals surface area contributed by atoms with E-state index < -0.39 is 0 Å². The number of nitrogens with zero attached hydrogens (tertiary/aromatic N) is 1. The van der Waals surface area contributed by atoms with Gasteiger partial charge in [-0.2, -0.15) is 0 Å². The van der Waals surface area contributed by atoms with Crippen LogP contribution in [0.2, 0.25) is 0 Å². The highest BCUT2D eigenvalue weighted by atomic mass is 15.2. The second-order valence-electron chi connectivity index (χ2n) is 4.44. The average Bonchev–Trinajstić information content (AvgIpc) is 2.61. The minimum absolute atomic E-state index is 0.299. The highest BCUT2D eigenvalue weighted by Gasteiger charge is 2.31. The molecule has 82 valence electrons. The van der Waals surface area contributed by atoms with E-state index in [1.807, 2.05) is 0 Å². The summed E-state index contributed by atoms with van der Waals surface area (Å²) in [6.45, 7) is 6.55. The molecule has 0 aromatic heterocycles. The number of likely N-dealkylation sites (N-methyl/N-ethyl adjacent to an activating group) is 1. The highest BCUT2D eigenvalue weighted by Crippen LogP contribution is 2.30. The lowest BCUT2D eigenvalue weighted by atomic mass is 10.00.